The molecule has 1 heterocycles. The summed E-state index contributed by atoms with van der Waals surface area (Å²) in [6, 6.07) is 0. The number of nitrogens with zero attached hydrogens (tertiary/aromatic N) is 2. The third-order valence-corrected chi connectivity index (χ3v) is 3.23. The van der Waals surface area contributed by atoms with E-state index < -0.39 is 26.4 Å². The van der Waals surface area contributed by atoms with Crippen LogP contribution in [0.25, 0.3) is 0 Å². The summed E-state index contributed by atoms with van der Waals surface area (Å²) in [5.41, 5.74) is -0.391. The molecule has 0 aromatic carbocycles. The van der Waals surface area contributed by atoms with Gasteiger partial charge in [0.2, 0.25) is 0 Å². The lowest BCUT2D eigenvalue weighted by Crippen LogP contribution is -2.42. The number of ether oxygens (including phenoxy) is 1. The van der Waals surface area contributed by atoms with Gasteiger partial charge in [-0.1, -0.05) is 6.58 Å². The van der Waals surface area contributed by atoms with Gasteiger partial charge in [0.05, 0.1) is 0 Å². The Kier molecular flexibility index (Phi) is 4.06. The van der Waals surface area contributed by atoms with Crippen molar-refractivity contribution in [3.8, 4) is 0 Å². The van der Waals surface area contributed by atoms with E-state index in [0.717, 1.165) is 12.4 Å². The van der Waals surface area contributed by atoms with Gasteiger partial charge < -0.3 is 9.94 Å². The summed E-state index contributed by atoms with van der Waals surface area (Å²) in [5, 5.41) is 11.5. The molecule has 1 rings (SSSR count). The van der Waals surface area contributed by atoms with E-state index in [1.54, 1.807) is 0 Å². The van der Waals surface area contributed by atoms with Gasteiger partial charge in [0.25, 0.3) is 0 Å². The quantitative estimate of drug-likeness (QED) is 0.723. The van der Waals surface area contributed by atoms with Crippen LogP contribution in [-0.2, 0) is 14.9 Å². The average molecular weight is 287 g/mol. The van der Waals surface area contributed by atoms with Crippen molar-refractivity contribution in [3.05, 3.63) is 41.9 Å². The van der Waals surface area contributed by atoms with Crippen LogP contribution in [0.4, 0.5) is 4.79 Å². The van der Waals surface area contributed by atoms with E-state index in [9.17, 15) is 18.4 Å². The first kappa shape index (κ1) is 15.3. The zero-order chi connectivity index (χ0) is 14.8. The van der Waals surface area contributed by atoms with E-state index in [0.29, 0.717) is 9.88 Å². The minimum atomic E-state index is -4.54. The number of hydrogen-bond acceptors (Lipinski definition) is 5. The predicted octanol–water partition coefficient (Wildman–Crippen LogP) is 1.87. The van der Waals surface area contributed by atoms with Gasteiger partial charge in [-0.3, -0.25) is 4.47 Å². The van der Waals surface area contributed by atoms with Crippen molar-refractivity contribution in [2.24, 2.45) is 0 Å². The van der Waals surface area contributed by atoms with Crippen LogP contribution in [0.3, 0.4) is 0 Å². The van der Waals surface area contributed by atoms with Crippen molar-refractivity contribution in [2.45, 2.75) is 26.4 Å². The van der Waals surface area contributed by atoms with Crippen molar-refractivity contribution in [2.75, 3.05) is 0 Å². The molecule has 7 nitrogen and oxygen atoms in total. The zero-order valence-electron chi connectivity index (χ0n) is 10.9. The molecule has 0 aromatic rings. The monoisotopic (exact) mass is 287 g/mol. The van der Waals surface area contributed by atoms with Crippen molar-refractivity contribution in [3.63, 3.8) is 0 Å². The molecular weight excluding hydrogens is 272 g/mol. The van der Waals surface area contributed by atoms with Gasteiger partial charge in [0.1, 0.15) is 5.60 Å². The van der Waals surface area contributed by atoms with Crippen molar-refractivity contribution in [1.29, 1.82) is 0 Å². The molecule has 0 radical (unpaired) electrons. The number of rotatable bonds is 2. The fraction of sp³-hybridized carbons (Fsp3) is 0.364. The third-order valence-electron chi connectivity index (χ3n) is 1.89. The minimum Gasteiger partial charge on any atom is -0.738 e. The van der Waals surface area contributed by atoms with Gasteiger partial charge in [-0.2, -0.15) is 8.42 Å². The van der Waals surface area contributed by atoms with Crippen LogP contribution in [0.2, 0.25) is 0 Å². The Hall–Kier alpha value is -1.80. The maximum Gasteiger partial charge on any atom is 0.414 e. The van der Waals surface area contributed by atoms with E-state index in [2.05, 4.69) is 6.58 Å². The Labute approximate surface area is 112 Å². The van der Waals surface area contributed by atoms with Gasteiger partial charge in [0, 0.05) is 12.4 Å². The van der Waals surface area contributed by atoms with E-state index in [1.807, 2.05) is 0 Å². The Bertz CT molecular complexity index is 526. The van der Waals surface area contributed by atoms with Crippen LogP contribution < -0.4 is 0 Å². The molecule has 0 bridgehead atoms. The largest absolute Gasteiger partial charge is 0.738 e. The molecule has 0 unspecified atom stereocenters. The van der Waals surface area contributed by atoms with E-state index in [1.165, 1.54) is 32.9 Å². The first-order chi connectivity index (χ1) is 8.54. The lowest BCUT2D eigenvalue weighted by Gasteiger charge is -2.33. The molecule has 1 amide bonds. The van der Waals surface area contributed by atoms with E-state index >= 15 is 0 Å². The van der Waals surface area contributed by atoms with Crippen LogP contribution in [0, 0.1) is 5.21 Å². The number of amides is 1. The lowest BCUT2D eigenvalue weighted by atomic mass is 10.2. The second kappa shape index (κ2) is 5.06. The molecule has 0 saturated heterocycles. The summed E-state index contributed by atoms with van der Waals surface area (Å²) in [4.78, 5) is 11.4. The van der Waals surface area contributed by atoms with Gasteiger partial charge in [-0.05, 0) is 38.5 Å². The first-order valence-corrected chi connectivity index (χ1v) is 6.73. The van der Waals surface area contributed by atoms with Crippen LogP contribution in [0.15, 0.2) is 36.7 Å². The molecule has 0 fully saturated rings. The third kappa shape index (κ3) is 3.83. The molecule has 8 heteroatoms. The summed E-state index contributed by atoms with van der Waals surface area (Å²) in [6.45, 7) is 8.15. The smallest absolute Gasteiger partial charge is 0.414 e. The fourth-order valence-corrected chi connectivity index (χ4v) is 1.90. The zero-order valence-corrected chi connectivity index (χ0v) is 11.7. The summed E-state index contributed by atoms with van der Waals surface area (Å²) in [6.07, 6.45) is 3.53. The Morgan fingerprint density at radius 2 is 1.84 bits per heavy atom. The number of hydrogen-bond donors (Lipinski definition) is 0. The second-order valence-electron chi connectivity index (χ2n) is 4.75. The average Bonchev–Trinajstić information content (AvgIpc) is 2.26. The summed E-state index contributed by atoms with van der Waals surface area (Å²) in [7, 11) is -4.54. The molecule has 1 aliphatic rings. The maximum absolute atomic E-state index is 11.8. The Balaban J connectivity index is 2.89. The molecule has 19 heavy (non-hydrogen) atoms. The normalized spacial score (nSPS) is 15.6. The number of carbonyl (C=O) groups excluding carboxylic acids is 1. The van der Waals surface area contributed by atoms with Gasteiger partial charge in [-0.15, -0.1) is 0 Å². The van der Waals surface area contributed by atoms with Crippen molar-refractivity contribution < 1.29 is 17.9 Å². The van der Waals surface area contributed by atoms with Crippen LogP contribution in [-0.4, -0.2) is 28.9 Å². The van der Waals surface area contributed by atoms with E-state index in [-0.39, 0.29) is 0 Å². The van der Waals surface area contributed by atoms with E-state index in [4.69, 9.17) is 4.74 Å². The molecule has 0 saturated carbocycles. The standard InChI is InChI=1S/C11H15N2O5S/c1-9-5-7-12(8-6-9)19(16,17)13(15)10(14)18-11(2,3)4/h5-8H,1H2,2-4H3/q-1. The predicted molar refractivity (Wildman–Crippen MR) is 69.6 cm³/mol. The molecule has 0 aliphatic carbocycles. The summed E-state index contributed by atoms with van der Waals surface area (Å²) >= 11 is 0. The molecule has 0 aromatic heterocycles. The SMILES string of the molecule is C=C1C=CN(S(=O)(=O)N([O-])C(=O)OC(C)(C)C)C=C1. The Morgan fingerprint density at radius 1 is 1.37 bits per heavy atom. The lowest BCUT2D eigenvalue weighted by molar-refractivity contribution is 0.0439. The maximum atomic E-state index is 11.8. The minimum absolute atomic E-state index is 0.571. The molecular formula is C11H15N2O5S-. The van der Waals surface area contributed by atoms with Gasteiger partial charge >= 0.3 is 16.3 Å². The first-order valence-electron chi connectivity index (χ1n) is 5.33. The highest BCUT2D eigenvalue weighted by Crippen LogP contribution is 2.17. The van der Waals surface area contributed by atoms with Gasteiger partial charge in [0.15, 0.2) is 0 Å². The highest BCUT2D eigenvalue weighted by atomic mass is 32.2. The molecule has 1 aliphatic heterocycles. The van der Waals surface area contributed by atoms with Crippen molar-refractivity contribution >= 4 is 16.3 Å². The van der Waals surface area contributed by atoms with Crippen LogP contribution in [0.5, 0.6) is 0 Å². The second-order valence-corrected chi connectivity index (χ2v) is 6.40. The molecule has 0 spiro atoms. The topological polar surface area (TPSA) is 90.0 Å². The van der Waals surface area contributed by atoms with Gasteiger partial charge in [-0.25, -0.2) is 9.10 Å². The number of hydroxylamine groups is 1. The highest BCUT2D eigenvalue weighted by molar-refractivity contribution is 7.87. The summed E-state index contributed by atoms with van der Waals surface area (Å²) < 4.78 is 28.3. The molecule has 106 valence electrons. The molecule has 0 atom stereocenters. The number of allylic oxidation sites excluding steroid dienone is 3. The Morgan fingerprint density at radius 3 is 2.26 bits per heavy atom. The summed E-state index contributed by atoms with van der Waals surface area (Å²) in [5.74, 6) is 0. The molecule has 0 N–H and O–H groups in total. The fourth-order valence-electron chi connectivity index (χ4n) is 1.08. The van der Waals surface area contributed by atoms with Crippen molar-refractivity contribution in [1.82, 2.24) is 8.77 Å². The van der Waals surface area contributed by atoms with Crippen LogP contribution >= 0.6 is 0 Å². The highest BCUT2D eigenvalue weighted by Gasteiger charge is 2.28. The van der Waals surface area contributed by atoms with Crippen LogP contribution in [0.1, 0.15) is 20.8 Å². The number of carbonyl (C=O) groups is 1.